The predicted molar refractivity (Wildman–Crippen MR) is 72.0 cm³/mol. The second kappa shape index (κ2) is 5.57. The molecule has 1 aromatic heterocycles. The van der Waals surface area contributed by atoms with E-state index in [1.165, 1.54) is 18.5 Å². The Morgan fingerprint density at radius 2 is 2.29 bits per heavy atom. The highest BCUT2D eigenvalue weighted by atomic mass is 19.1. The molecule has 1 heterocycles. The number of nitro benzene ring substituents is 1. The topological polar surface area (TPSA) is 85.9 Å². The van der Waals surface area contributed by atoms with Gasteiger partial charge in [-0.05, 0) is 12.8 Å². The molecular weight excluding hydrogens is 277 g/mol. The average Bonchev–Trinajstić information content (AvgIpc) is 3.18. The van der Waals surface area contributed by atoms with Crippen molar-refractivity contribution in [3.63, 3.8) is 0 Å². The van der Waals surface area contributed by atoms with Crippen molar-refractivity contribution in [2.75, 3.05) is 0 Å². The van der Waals surface area contributed by atoms with Crippen LogP contribution in [-0.4, -0.2) is 25.7 Å². The van der Waals surface area contributed by atoms with E-state index in [4.69, 9.17) is 0 Å². The van der Waals surface area contributed by atoms with E-state index in [1.54, 1.807) is 4.68 Å². The summed E-state index contributed by atoms with van der Waals surface area (Å²) >= 11 is 0. The van der Waals surface area contributed by atoms with Gasteiger partial charge in [-0.2, -0.15) is 9.49 Å². The molecule has 0 aliphatic heterocycles. The first kappa shape index (κ1) is 13.6. The van der Waals surface area contributed by atoms with Gasteiger partial charge in [-0.15, -0.1) is 0 Å². The molecule has 8 heteroatoms. The molecule has 110 valence electrons. The van der Waals surface area contributed by atoms with Gasteiger partial charge in [0.1, 0.15) is 12.2 Å². The molecule has 2 aromatic rings. The van der Waals surface area contributed by atoms with Crippen LogP contribution >= 0.6 is 0 Å². The molecule has 0 spiro atoms. The lowest BCUT2D eigenvalue weighted by atomic mass is 10.2. The van der Waals surface area contributed by atoms with Crippen molar-refractivity contribution in [3.05, 3.63) is 51.8 Å². The van der Waals surface area contributed by atoms with Crippen molar-refractivity contribution >= 4 is 5.69 Å². The summed E-state index contributed by atoms with van der Waals surface area (Å²) in [5.41, 5.74) is -0.298. The Hall–Kier alpha value is -2.35. The molecule has 21 heavy (non-hydrogen) atoms. The lowest BCUT2D eigenvalue weighted by molar-refractivity contribution is -0.387. The fourth-order valence-corrected chi connectivity index (χ4v) is 2.07. The van der Waals surface area contributed by atoms with Gasteiger partial charge < -0.3 is 5.32 Å². The van der Waals surface area contributed by atoms with Crippen LogP contribution in [0.25, 0.3) is 0 Å². The molecule has 0 unspecified atom stereocenters. The number of nitro groups is 1. The summed E-state index contributed by atoms with van der Waals surface area (Å²) in [4.78, 5) is 14.2. The third kappa shape index (κ3) is 3.05. The normalized spacial score (nSPS) is 14.3. The van der Waals surface area contributed by atoms with Gasteiger partial charge in [0.15, 0.2) is 0 Å². The fraction of sp³-hybridized carbons (Fsp3) is 0.385. The zero-order valence-electron chi connectivity index (χ0n) is 11.2. The Morgan fingerprint density at radius 1 is 1.48 bits per heavy atom. The van der Waals surface area contributed by atoms with Crippen LogP contribution in [0, 0.1) is 15.9 Å². The highest BCUT2D eigenvalue weighted by molar-refractivity contribution is 5.36. The van der Waals surface area contributed by atoms with Crippen molar-refractivity contribution in [1.29, 1.82) is 0 Å². The third-order valence-corrected chi connectivity index (χ3v) is 3.40. The number of hydrogen-bond donors (Lipinski definition) is 1. The Morgan fingerprint density at radius 3 is 3.00 bits per heavy atom. The van der Waals surface area contributed by atoms with Crippen LogP contribution in [0.1, 0.15) is 24.2 Å². The van der Waals surface area contributed by atoms with Crippen molar-refractivity contribution in [2.24, 2.45) is 0 Å². The summed E-state index contributed by atoms with van der Waals surface area (Å²) in [6.07, 6.45) is 3.72. The molecule has 0 amide bonds. The minimum atomic E-state index is -0.820. The molecule has 0 atom stereocenters. The van der Waals surface area contributed by atoms with E-state index in [-0.39, 0.29) is 12.1 Å². The zero-order valence-corrected chi connectivity index (χ0v) is 11.2. The number of hydrogen-bond acceptors (Lipinski definition) is 5. The number of benzene rings is 1. The van der Waals surface area contributed by atoms with Gasteiger partial charge in [-0.3, -0.25) is 10.1 Å². The molecule has 0 bridgehead atoms. The monoisotopic (exact) mass is 291 g/mol. The van der Waals surface area contributed by atoms with Gasteiger partial charge in [0, 0.05) is 17.7 Å². The first-order valence-electron chi connectivity index (χ1n) is 6.67. The summed E-state index contributed by atoms with van der Waals surface area (Å²) in [5.74, 6) is -0.132. The van der Waals surface area contributed by atoms with E-state index in [0.717, 1.165) is 18.9 Å². The Balaban J connectivity index is 1.78. The lowest BCUT2D eigenvalue weighted by Gasteiger charge is -2.08. The minimum Gasteiger partial charge on any atom is -0.307 e. The number of halogens is 1. The van der Waals surface area contributed by atoms with Crippen molar-refractivity contribution in [2.45, 2.75) is 32.0 Å². The Labute approximate surface area is 120 Å². The first-order valence-corrected chi connectivity index (χ1v) is 6.67. The van der Waals surface area contributed by atoms with Gasteiger partial charge in [0.25, 0.3) is 0 Å². The van der Waals surface area contributed by atoms with Crippen molar-refractivity contribution in [1.82, 2.24) is 20.1 Å². The van der Waals surface area contributed by atoms with Gasteiger partial charge in [-0.1, -0.05) is 12.1 Å². The highest BCUT2D eigenvalue weighted by Crippen LogP contribution is 2.21. The summed E-state index contributed by atoms with van der Waals surface area (Å²) < 4.78 is 15.6. The summed E-state index contributed by atoms with van der Waals surface area (Å²) in [5, 5.41) is 18.1. The number of rotatable bonds is 6. The number of nitrogens with one attached hydrogen (secondary N) is 1. The maximum atomic E-state index is 14.1. The quantitative estimate of drug-likeness (QED) is 0.645. The first-order chi connectivity index (χ1) is 10.1. The molecular formula is C13H14FN5O2. The minimum absolute atomic E-state index is 0.120. The van der Waals surface area contributed by atoms with E-state index in [9.17, 15) is 14.5 Å². The molecule has 1 aliphatic carbocycles. The van der Waals surface area contributed by atoms with Gasteiger partial charge >= 0.3 is 5.69 Å². The molecule has 3 rings (SSSR count). The average molecular weight is 291 g/mol. The van der Waals surface area contributed by atoms with Crippen LogP contribution in [0.5, 0.6) is 0 Å². The smallest absolute Gasteiger partial charge is 0.305 e. The molecule has 1 aliphatic rings. The lowest BCUT2D eigenvalue weighted by Crippen LogP contribution is -2.20. The number of nitrogens with zero attached hydrogens (tertiary/aromatic N) is 4. The predicted octanol–water partition coefficient (Wildman–Crippen LogP) is 1.63. The van der Waals surface area contributed by atoms with E-state index in [2.05, 4.69) is 15.4 Å². The highest BCUT2D eigenvalue weighted by Gasteiger charge is 2.22. The fourth-order valence-electron chi connectivity index (χ4n) is 2.07. The second-order valence-electron chi connectivity index (χ2n) is 5.00. The number of aromatic nitrogens is 3. The van der Waals surface area contributed by atoms with E-state index in [0.29, 0.717) is 18.4 Å². The summed E-state index contributed by atoms with van der Waals surface area (Å²) in [6.45, 7) is 0.677. The maximum Gasteiger partial charge on any atom is 0.305 e. The molecule has 1 fully saturated rings. The maximum absolute atomic E-state index is 14.1. The van der Waals surface area contributed by atoms with Crippen LogP contribution < -0.4 is 5.32 Å². The second-order valence-corrected chi connectivity index (χ2v) is 5.00. The van der Waals surface area contributed by atoms with E-state index in [1.807, 2.05) is 0 Å². The molecule has 1 N–H and O–H groups in total. The van der Waals surface area contributed by atoms with Crippen LogP contribution in [0.2, 0.25) is 0 Å². The van der Waals surface area contributed by atoms with Crippen LogP contribution in [0.4, 0.5) is 10.1 Å². The summed E-state index contributed by atoms with van der Waals surface area (Å²) in [6, 6.07) is 4.66. The van der Waals surface area contributed by atoms with Crippen molar-refractivity contribution in [3.8, 4) is 0 Å². The zero-order chi connectivity index (χ0) is 14.8. The standard InChI is InChI=1S/C13H14FN5O2/c14-13-9(2-1-3-11(13)19(20)21)7-18-12(16-8-17-18)6-15-10-4-5-10/h1-3,8,10,15H,4-7H2. The Kier molecular flexibility index (Phi) is 3.61. The molecule has 0 saturated heterocycles. The van der Waals surface area contributed by atoms with Crippen LogP contribution in [0.3, 0.4) is 0 Å². The van der Waals surface area contributed by atoms with E-state index < -0.39 is 16.4 Å². The van der Waals surface area contributed by atoms with Crippen LogP contribution in [-0.2, 0) is 13.1 Å². The largest absolute Gasteiger partial charge is 0.307 e. The molecule has 7 nitrogen and oxygen atoms in total. The van der Waals surface area contributed by atoms with Gasteiger partial charge in [0.2, 0.25) is 5.82 Å². The molecule has 1 aromatic carbocycles. The summed E-state index contributed by atoms with van der Waals surface area (Å²) in [7, 11) is 0. The van der Waals surface area contributed by atoms with Gasteiger partial charge in [0.05, 0.1) is 18.0 Å². The van der Waals surface area contributed by atoms with Crippen LogP contribution in [0.15, 0.2) is 24.5 Å². The van der Waals surface area contributed by atoms with Crippen molar-refractivity contribution < 1.29 is 9.31 Å². The Bertz CT molecular complexity index is 668. The third-order valence-electron chi connectivity index (χ3n) is 3.40. The van der Waals surface area contributed by atoms with Gasteiger partial charge in [-0.25, -0.2) is 9.67 Å². The van der Waals surface area contributed by atoms with E-state index >= 15 is 0 Å². The SMILES string of the molecule is O=[N+]([O-])c1cccc(Cn2ncnc2CNC2CC2)c1F. The molecule has 1 saturated carbocycles. The molecule has 0 radical (unpaired) electrons.